The molecule has 0 aliphatic heterocycles. The van der Waals surface area contributed by atoms with Crippen LogP contribution in [-0.2, 0) is 12.8 Å². The third-order valence-corrected chi connectivity index (χ3v) is 5.34. The summed E-state index contributed by atoms with van der Waals surface area (Å²) >= 11 is 0. The molecule has 0 saturated heterocycles. The summed E-state index contributed by atoms with van der Waals surface area (Å²) in [5.74, 6) is -0.104. The third-order valence-electron chi connectivity index (χ3n) is 5.34. The van der Waals surface area contributed by atoms with E-state index in [0.29, 0.717) is 11.4 Å². The summed E-state index contributed by atoms with van der Waals surface area (Å²) < 4.78 is 27.3. The minimum absolute atomic E-state index is 0.210. The standard InChI is InChI=1S/C20H23F2N3O/c21-13-9-12(10-14(22)11-13)19-24-18-4-2-1-3-17(18)20(25-19)23-15-5-7-16(26)8-6-15/h9-11,15-16,26H,1-8H2,(H,23,24,25)/t15-,16-. The number of aliphatic hydroxyl groups is 1. The highest BCUT2D eigenvalue weighted by molar-refractivity contribution is 5.60. The molecule has 2 aliphatic carbocycles. The fourth-order valence-electron chi connectivity index (χ4n) is 3.94. The molecule has 4 nitrogen and oxygen atoms in total. The molecule has 0 spiro atoms. The SMILES string of the molecule is O[C@H]1CC[C@H](Nc2nc(-c3cc(F)cc(F)c3)nc3c2CCCC3)CC1. The number of fused-ring (bicyclic) bond motifs is 1. The van der Waals surface area contributed by atoms with Crippen LogP contribution in [0.1, 0.15) is 49.8 Å². The van der Waals surface area contributed by atoms with Crippen molar-refractivity contribution < 1.29 is 13.9 Å². The van der Waals surface area contributed by atoms with Gasteiger partial charge in [-0.1, -0.05) is 0 Å². The van der Waals surface area contributed by atoms with Gasteiger partial charge in [-0.05, 0) is 63.5 Å². The van der Waals surface area contributed by atoms with Gasteiger partial charge >= 0.3 is 0 Å². The van der Waals surface area contributed by atoms with E-state index in [-0.39, 0.29) is 12.1 Å². The zero-order chi connectivity index (χ0) is 18.1. The molecular formula is C20H23F2N3O. The zero-order valence-electron chi connectivity index (χ0n) is 14.6. The molecule has 2 aliphatic rings. The van der Waals surface area contributed by atoms with E-state index in [1.54, 1.807) is 0 Å². The van der Waals surface area contributed by atoms with Crippen molar-refractivity contribution in [3.05, 3.63) is 41.1 Å². The second-order valence-electron chi connectivity index (χ2n) is 7.34. The number of halogens is 2. The number of rotatable bonds is 3. The van der Waals surface area contributed by atoms with E-state index in [9.17, 15) is 13.9 Å². The van der Waals surface area contributed by atoms with Crippen LogP contribution in [0.5, 0.6) is 0 Å². The van der Waals surface area contributed by atoms with Crippen molar-refractivity contribution in [2.24, 2.45) is 0 Å². The van der Waals surface area contributed by atoms with Crippen LogP contribution in [0, 0.1) is 11.6 Å². The highest BCUT2D eigenvalue weighted by atomic mass is 19.1. The van der Waals surface area contributed by atoms with Crippen LogP contribution in [0.2, 0.25) is 0 Å². The van der Waals surface area contributed by atoms with Crippen LogP contribution in [0.3, 0.4) is 0 Å². The van der Waals surface area contributed by atoms with Gasteiger partial charge in [0.1, 0.15) is 17.5 Å². The van der Waals surface area contributed by atoms with E-state index in [2.05, 4.69) is 15.3 Å². The minimum Gasteiger partial charge on any atom is -0.393 e. The van der Waals surface area contributed by atoms with Crippen LogP contribution in [0.4, 0.5) is 14.6 Å². The van der Waals surface area contributed by atoms with Crippen LogP contribution < -0.4 is 5.32 Å². The number of nitrogens with one attached hydrogen (secondary N) is 1. The summed E-state index contributed by atoms with van der Waals surface area (Å²) in [6.45, 7) is 0. The summed E-state index contributed by atoms with van der Waals surface area (Å²) in [7, 11) is 0. The van der Waals surface area contributed by atoms with Gasteiger partial charge in [0, 0.05) is 28.9 Å². The Morgan fingerprint density at radius 3 is 2.35 bits per heavy atom. The van der Waals surface area contributed by atoms with Crippen LogP contribution in [0.15, 0.2) is 18.2 Å². The lowest BCUT2D eigenvalue weighted by molar-refractivity contribution is 0.126. The molecule has 6 heteroatoms. The molecule has 138 valence electrons. The topological polar surface area (TPSA) is 58.0 Å². The van der Waals surface area contributed by atoms with Crippen LogP contribution >= 0.6 is 0 Å². The number of aryl methyl sites for hydroxylation is 1. The lowest BCUT2D eigenvalue weighted by atomic mass is 9.92. The molecule has 0 amide bonds. The Morgan fingerprint density at radius 2 is 1.62 bits per heavy atom. The molecule has 0 atom stereocenters. The van der Waals surface area contributed by atoms with Crippen LogP contribution in [0.25, 0.3) is 11.4 Å². The first-order valence-electron chi connectivity index (χ1n) is 9.39. The van der Waals surface area contributed by atoms with Crippen molar-refractivity contribution in [3.63, 3.8) is 0 Å². The van der Waals surface area contributed by atoms with E-state index in [0.717, 1.165) is 74.5 Å². The maximum Gasteiger partial charge on any atom is 0.161 e. The molecule has 26 heavy (non-hydrogen) atoms. The molecular weight excluding hydrogens is 336 g/mol. The molecule has 0 radical (unpaired) electrons. The van der Waals surface area contributed by atoms with E-state index in [4.69, 9.17) is 0 Å². The Labute approximate surface area is 151 Å². The molecule has 1 aromatic heterocycles. The van der Waals surface area contributed by atoms with Gasteiger partial charge in [0.15, 0.2) is 5.82 Å². The van der Waals surface area contributed by atoms with E-state index in [1.807, 2.05) is 0 Å². The monoisotopic (exact) mass is 359 g/mol. The smallest absolute Gasteiger partial charge is 0.161 e. The van der Waals surface area contributed by atoms with Gasteiger partial charge < -0.3 is 10.4 Å². The Balaban J connectivity index is 1.70. The summed E-state index contributed by atoms with van der Waals surface area (Å²) in [6, 6.07) is 3.66. The average Bonchev–Trinajstić information content (AvgIpc) is 2.63. The summed E-state index contributed by atoms with van der Waals surface area (Å²) in [5.41, 5.74) is 2.46. The summed E-state index contributed by atoms with van der Waals surface area (Å²) in [4.78, 5) is 9.24. The maximum absolute atomic E-state index is 13.6. The number of hydrogen-bond acceptors (Lipinski definition) is 4. The van der Waals surface area contributed by atoms with Gasteiger partial charge in [0.2, 0.25) is 0 Å². The summed E-state index contributed by atoms with van der Waals surface area (Å²) in [6.07, 6.45) is 7.09. The molecule has 1 aromatic carbocycles. The van der Waals surface area contributed by atoms with Gasteiger partial charge in [0.25, 0.3) is 0 Å². The van der Waals surface area contributed by atoms with Gasteiger partial charge in [-0.2, -0.15) is 0 Å². The van der Waals surface area contributed by atoms with E-state index in [1.165, 1.54) is 12.1 Å². The number of benzene rings is 1. The van der Waals surface area contributed by atoms with Gasteiger partial charge in [-0.25, -0.2) is 18.7 Å². The molecule has 4 rings (SSSR count). The number of anilines is 1. The van der Waals surface area contributed by atoms with Crippen molar-refractivity contribution in [2.45, 2.75) is 63.5 Å². The number of hydrogen-bond donors (Lipinski definition) is 2. The fourth-order valence-corrected chi connectivity index (χ4v) is 3.94. The molecule has 1 heterocycles. The van der Waals surface area contributed by atoms with E-state index < -0.39 is 11.6 Å². The second-order valence-corrected chi connectivity index (χ2v) is 7.34. The predicted octanol–water partition coefficient (Wildman–Crippen LogP) is 4.02. The second kappa shape index (κ2) is 7.27. The first-order chi connectivity index (χ1) is 12.6. The largest absolute Gasteiger partial charge is 0.393 e. The van der Waals surface area contributed by atoms with Crippen molar-refractivity contribution in [3.8, 4) is 11.4 Å². The molecule has 0 unspecified atom stereocenters. The molecule has 0 bridgehead atoms. The normalized spacial score (nSPS) is 22.7. The quantitative estimate of drug-likeness (QED) is 0.869. The predicted molar refractivity (Wildman–Crippen MR) is 95.9 cm³/mol. The average molecular weight is 359 g/mol. The molecule has 1 fully saturated rings. The Kier molecular flexibility index (Phi) is 4.85. The van der Waals surface area contributed by atoms with Gasteiger partial charge in [0.05, 0.1) is 6.10 Å². The number of nitrogens with zero attached hydrogens (tertiary/aromatic N) is 2. The Morgan fingerprint density at radius 1 is 0.923 bits per heavy atom. The van der Waals surface area contributed by atoms with Gasteiger partial charge in [-0.15, -0.1) is 0 Å². The summed E-state index contributed by atoms with van der Waals surface area (Å²) in [5, 5.41) is 13.2. The van der Waals surface area contributed by atoms with Crippen LogP contribution in [-0.4, -0.2) is 27.2 Å². The highest BCUT2D eigenvalue weighted by Gasteiger charge is 2.24. The molecule has 1 saturated carbocycles. The molecule has 2 aromatic rings. The van der Waals surface area contributed by atoms with Crippen molar-refractivity contribution in [2.75, 3.05) is 5.32 Å². The zero-order valence-corrected chi connectivity index (χ0v) is 14.6. The molecule has 2 N–H and O–H groups in total. The fraction of sp³-hybridized carbons (Fsp3) is 0.500. The van der Waals surface area contributed by atoms with Crippen molar-refractivity contribution >= 4 is 5.82 Å². The highest BCUT2D eigenvalue weighted by Crippen LogP contribution is 2.31. The number of aliphatic hydroxyl groups excluding tert-OH is 1. The number of aromatic nitrogens is 2. The first-order valence-corrected chi connectivity index (χ1v) is 9.39. The van der Waals surface area contributed by atoms with Gasteiger partial charge in [-0.3, -0.25) is 0 Å². The lowest BCUT2D eigenvalue weighted by Gasteiger charge is -2.28. The lowest BCUT2D eigenvalue weighted by Crippen LogP contribution is -2.29. The Hall–Kier alpha value is -2.08. The third kappa shape index (κ3) is 3.70. The van der Waals surface area contributed by atoms with E-state index >= 15 is 0 Å². The van der Waals surface area contributed by atoms with Crippen molar-refractivity contribution in [1.29, 1.82) is 0 Å². The minimum atomic E-state index is -0.628. The first kappa shape index (κ1) is 17.3. The Bertz CT molecular complexity index is 784. The van der Waals surface area contributed by atoms with Crippen molar-refractivity contribution in [1.82, 2.24) is 9.97 Å². The maximum atomic E-state index is 13.6.